The van der Waals surface area contributed by atoms with Crippen molar-refractivity contribution in [1.82, 2.24) is 9.97 Å². The number of thioether (sulfide) groups is 1. The summed E-state index contributed by atoms with van der Waals surface area (Å²) in [5.74, 6) is -0.218. The molecule has 108 valence electrons. The Morgan fingerprint density at radius 2 is 2.00 bits per heavy atom. The van der Waals surface area contributed by atoms with Crippen LogP contribution in [0.15, 0.2) is 34.0 Å². The summed E-state index contributed by atoms with van der Waals surface area (Å²) in [5, 5.41) is 2.61. The third-order valence-corrected chi connectivity index (χ3v) is 4.23. The first-order valence-electron chi connectivity index (χ1n) is 6.42. The van der Waals surface area contributed by atoms with E-state index in [0.29, 0.717) is 5.56 Å². The maximum atomic E-state index is 12.2. The van der Waals surface area contributed by atoms with Crippen molar-refractivity contribution in [1.29, 1.82) is 0 Å². The highest BCUT2D eigenvalue weighted by Crippen LogP contribution is 2.34. The van der Waals surface area contributed by atoms with E-state index in [9.17, 15) is 9.59 Å². The normalized spacial score (nSPS) is 17.2. The molecule has 6 nitrogen and oxygen atoms in total. The fraction of sp³-hybridized carbons (Fsp3) is 0.214. The summed E-state index contributed by atoms with van der Waals surface area (Å²) in [6.45, 7) is 0. The van der Waals surface area contributed by atoms with E-state index in [0.717, 1.165) is 10.5 Å². The van der Waals surface area contributed by atoms with E-state index < -0.39 is 0 Å². The number of aromatic amines is 1. The summed E-state index contributed by atoms with van der Waals surface area (Å²) in [6.07, 6.45) is 2.22. The summed E-state index contributed by atoms with van der Waals surface area (Å²) in [5.41, 5.74) is 6.60. The summed E-state index contributed by atoms with van der Waals surface area (Å²) >= 11 is 1.64. The second kappa shape index (κ2) is 5.25. The Balaban J connectivity index is 2.12. The van der Waals surface area contributed by atoms with E-state index in [1.54, 1.807) is 11.8 Å². The first-order valence-corrected chi connectivity index (χ1v) is 7.64. The largest absolute Gasteiger partial charge is 0.369 e. The highest BCUT2D eigenvalue weighted by Gasteiger charge is 2.30. The topological polar surface area (TPSA) is 101 Å². The van der Waals surface area contributed by atoms with Gasteiger partial charge in [-0.25, -0.2) is 0 Å². The van der Waals surface area contributed by atoms with Gasteiger partial charge < -0.3 is 11.1 Å². The third kappa shape index (κ3) is 2.52. The van der Waals surface area contributed by atoms with Gasteiger partial charge in [0.25, 0.3) is 5.56 Å². The monoisotopic (exact) mass is 302 g/mol. The van der Waals surface area contributed by atoms with Gasteiger partial charge in [-0.1, -0.05) is 12.1 Å². The van der Waals surface area contributed by atoms with Crippen LogP contribution in [0.3, 0.4) is 0 Å². The molecule has 0 bridgehead atoms. The van der Waals surface area contributed by atoms with E-state index in [2.05, 4.69) is 15.3 Å². The highest BCUT2D eigenvalue weighted by atomic mass is 32.2. The van der Waals surface area contributed by atoms with Crippen molar-refractivity contribution in [3.63, 3.8) is 0 Å². The van der Waals surface area contributed by atoms with Gasteiger partial charge in [-0.2, -0.15) is 4.98 Å². The van der Waals surface area contributed by atoms with E-state index in [-0.39, 0.29) is 35.6 Å². The number of fused-ring (bicyclic) bond motifs is 1. The first-order chi connectivity index (χ1) is 10.1. The van der Waals surface area contributed by atoms with Crippen LogP contribution in [0.4, 0.5) is 11.8 Å². The Morgan fingerprint density at radius 3 is 2.67 bits per heavy atom. The molecule has 1 aromatic carbocycles. The molecule has 0 fully saturated rings. The number of nitrogen functional groups attached to an aromatic ring is 1. The zero-order valence-corrected chi connectivity index (χ0v) is 12.2. The minimum absolute atomic E-state index is 0.00238. The third-order valence-electron chi connectivity index (χ3n) is 3.49. The van der Waals surface area contributed by atoms with Gasteiger partial charge in [0.15, 0.2) is 0 Å². The van der Waals surface area contributed by atoms with Gasteiger partial charge in [-0.15, -0.1) is 11.8 Å². The predicted molar refractivity (Wildman–Crippen MR) is 82.6 cm³/mol. The number of carbonyl (C=O) groups excluding carboxylic acids is 1. The van der Waals surface area contributed by atoms with Crippen molar-refractivity contribution >= 4 is 29.4 Å². The van der Waals surface area contributed by atoms with Gasteiger partial charge in [0.1, 0.15) is 5.82 Å². The molecular weight excluding hydrogens is 288 g/mol. The quantitative estimate of drug-likeness (QED) is 0.731. The molecule has 1 aliphatic heterocycles. The molecule has 0 radical (unpaired) electrons. The van der Waals surface area contributed by atoms with Crippen LogP contribution in [-0.2, 0) is 4.79 Å². The molecule has 2 aromatic rings. The number of anilines is 2. The predicted octanol–water partition coefficient (Wildman–Crippen LogP) is 1.55. The molecule has 4 N–H and O–H groups in total. The molecular formula is C14H14N4O2S. The lowest BCUT2D eigenvalue weighted by atomic mass is 9.87. The molecule has 1 amide bonds. The van der Waals surface area contributed by atoms with Crippen molar-refractivity contribution in [3.8, 4) is 0 Å². The molecule has 7 heteroatoms. The maximum absolute atomic E-state index is 12.2. The van der Waals surface area contributed by atoms with Crippen molar-refractivity contribution in [3.05, 3.63) is 45.7 Å². The molecule has 0 saturated carbocycles. The van der Waals surface area contributed by atoms with Crippen LogP contribution < -0.4 is 16.6 Å². The van der Waals surface area contributed by atoms with Gasteiger partial charge >= 0.3 is 0 Å². The van der Waals surface area contributed by atoms with Crippen LogP contribution in [0, 0.1) is 0 Å². The van der Waals surface area contributed by atoms with Crippen LogP contribution in [0.2, 0.25) is 0 Å². The van der Waals surface area contributed by atoms with Crippen LogP contribution in [0.25, 0.3) is 0 Å². The Bertz CT molecular complexity index is 755. The number of nitrogens with two attached hydrogens (primary N) is 1. The first kappa shape index (κ1) is 13.7. The molecule has 1 aromatic heterocycles. The minimum Gasteiger partial charge on any atom is -0.369 e. The summed E-state index contributed by atoms with van der Waals surface area (Å²) < 4.78 is 0. The molecule has 1 atom stereocenters. The molecule has 2 heterocycles. The van der Waals surface area contributed by atoms with Gasteiger partial charge in [0, 0.05) is 17.2 Å². The Kier molecular flexibility index (Phi) is 3.42. The number of aromatic nitrogens is 2. The molecule has 0 unspecified atom stereocenters. The van der Waals surface area contributed by atoms with Crippen LogP contribution in [0.5, 0.6) is 0 Å². The number of rotatable bonds is 2. The molecule has 0 saturated heterocycles. The number of nitrogens with one attached hydrogen (secondary N) is 2. The Labute approximate surface area is 125 Å². The van der Waals surface area contributed by atoms with E-state index in [4.69, 9.17) is 5.73 Å². The average molecular weight is 302 g/mol. The van der Waals surface area contributed by atoms with E-state index in [1.807, 2.05) is 30.5 Å². The molecule has 1 aliphatic rings. The van der Waals surface area contributed by atoms with Crippen molar-refractivity contribution in [2.45, 2.75) is 17.2 Å². The molecule has 0 spiro atoms. The highest BCUT2D eigenvalue weighted by molar-refractivity contribution is 7.98. The summed E-state index contributed by atoms with van der Waals surface area (Å²) in [4.78, 5) is 31.7. The van der Waals surface area contributed by atoms with Crippen LogP contribution in [0.1, 0.15) is 23.5 Å². The fourth-order valence-corrected chi connectivity index (χ4v) is 2.92. The number of nitrogens with zero attached hydrogens (tertiary/aromatic N) is 1. The van der Waals surface area contributed by atoms with Crippen molar-refractivity contribution < 1.29 is 4.79 Å². The number of carbonyl (C=O) groups is 1. The lowest BCUT2D eigenvalue weighted by Crippen LogP contribution is -2.31. The van der Waals surface area contributed by atoms with Crippen LogP contribution >= 0.6 is 11.8 Å². The molecule has 3 rings (SSSR count). The minimum atomic E-state index is -0.309. The van der Waals surface area contributed by atoms with Gasteiger partial charge in [-0.3, -0.25) is 14.6 Å². The van der Waals surface area contributed by atoms with Crippen molar-refractivity contribution in [2.75, 3.05) is 17.3 Å². The van der Waals surface area contributed by atoms with Gasteiger partial charge in [0.2, 0.25) is 11.9 Å². The van der Waals surface area contributed by atoms with Crippen LogP contribution in [-0.4, -0.2) is 22.1 Å². The summed E-state index contributed by atoms with van der Waals surface area (Å²) in [7, 11) is 0. The zero-order valence-electron chi connectivity index (χ0n) is 11.3. The number of benzene rings is 1. The van der Waals surface area contributed by atoms with E-state index in [1.165, 1.54) is 0 Å². The maximum Gasteiger partial charge on any atom is 0.258 e. The standard InChI is InChI=1S/C14H14N4O2S/c1-21-8-4-2-7(3-5-8)9-6-10(19)16-12-11(9)13(20)18-14(15)17-12/h2-5,9H,6H2,1H3,(H4,15,16,17,18,19,20)/t9-/m0/s1. The smallest absolute Gasteiger partial charge is 0.258 e. The number of hydrogen-bond donors (Lipinski definition) is 3. The van der Waals surface area contributed by atoms with Crippen molar-refractivity contribution in [2.24, 2.45) is 0 Å². The van der Waals surface area contributed by atoms with Gasteiger partial charge in [-0.05, 0) is 24.0 Å². The van der Waals surface area contributed by atoms with E-state index >= 15 is 0 Å². The van der Waals surface area contributed by atoms with Gasteiger partial charge in [0.05, 0.1) is 5.56 Å². The Morgan fingerprint density at radius 1 is 1.29 bits per heavy atom. The average Bonchev–Trinajstić information content (AvgIpc) is 2.45. The SMILES string of the molecule is CSc1ccc([C@@H]2CC(=O)Nc3nc(N)[nH]c(=O)c32)cc1. The second-order valence-corrected chi connectivity index (χ2v) is 5.67. The lowest BCUT2D eigenvalue weighted by Gasteiger charge is -2.24. The molecule has 21 heavy (non-hydrogen) atoms. The lowest BCUT2D eigenvalue weighted by molar-refractivity contribution is -0.116. The number of amides is 1. The number of hydrogen-bond acceptors (Lipinski definition) is 5. The molecule has 0 aliphatic carbocycles. The number of H-pyrrole nitrogens is 1. The zero-order chi connectivity index (χ0) is 15.0. The second-order valence-electron chi connectivity index (χ2n) is 4.79. The summed E-state index contributed by atoms with van der Waals surface area (Å²) in [6, 6.07) is 7.83. The Hall–Kier alpha value is -2.28. The fourth-order valence-electron chi connectivity index (χ4n) is 2.51.